The van der Waals surface area contributed by atoms with Gasteiger partial charge in [0.15, 0.2) is 5.78 Å². The van der Waals surface area contributed by atoms with Gasteiger partial charge in [-0.15, -0.1) is 0 Å². The number of nitrogens with zero attached hydrogens (tertiary/aromatic N) is 1. The van der Waals surface area contributed by atoms with Crippen molar-refractivity contribution in [3.63, 3.8) is 0 Å². The Bertz CT molecular complexity index is 1450. The van der Waals surface area contributed by atoms with Crippen molar-refractivity contribution in [3.8, 4) is 0 Å². The highest BCUT2D eigenvalue weighted by molar-refractivity contribution is 6.15. The summed E-state index contributed by atoms with van der Waals surface area (Å²) in [4.78, 5) is 26.1. The van der Waals surface area contributed by atoms with E-state index in [4.69, 9.17) is 10.1 Å². The van der Waals surface area contributed by atoms with E-state index in [2.05, 4.69) is 4.57 Å². The fraction of sp³-hybridized carbons (Fsp3) is 0.323. The summed E-state index contributed by atoms with van der Waals surface area (Å²) in [5.74, 6) is -0.484. The molecule has 1 aliphatic rings. The van der Waals surface area contributed by atoms with Gasteiger partial charge in [-0.2, -0.15) is 0 Å². The highest BCUT2D eigenvalue weighted by Crippen LogP contribution is 2.32. The molecule has 0 spiro atoms. The highest BCUT2D eigenvalue weighted by Gasteiger charge is 2.24. The van der Waals surface area contributed by atoms with Gasteiger partial charge in [0.2, 0.25) is 0 Å². The molecule has 1 N–H and O–H groups in total. The van der Waals surface area contributed by atoms with Gasteiger partial charge in [0.1, 0.15) is 6.10 Å². The summed E-state index contributed by atoms with van der Waals surface area (Å²) in [6.07, 6.45) is 5.42. The predicted octanol–water partition coefficient (Wildman–Crippen LogP) is 6.93. The number of ketones is 1. The Morgan fingerprint density at radius 3 is 2.14 bits per heavy atom. The number of nitrogens with one attached hydrogen (secondary N) is 1. The van der Waals surface area contributed by atoms with Gasteiger partial charge >= 0.3 is 5.97 Å². The molecule has 184 valence electrons. The number of esters is 1. The molecule has 0 bridgehead atoms. The quantitative estimate of drug-likeness (QED) is 0.177. The first kappa shape index (κ1) is 24.0. The lowest BCUT2D eigenvalue weighted by atomic mass is 9.97. The lowest BCUT2D eigenvalue weighted by molar-refractivity contribution is -0.155. The maximum absolute atomic E-state index is 13.2. The Kier molecular flexibility index (Phi) is 6.73. The largest absolute Gasteiger partial charge is 0.462 e. The van der Waals surface area contributed by atoms with Crippen molar-refractivity contribution in [3.05, 3.63) is 83.4 Å². The monoisotopic (exact) mass is 480 g/mol. The van der Waals surface area contributed by atoms with Crippen LogP contribution in [-0.4, -0.2) is 28.1 Å². The zero-order valence-electron chi connectivity index (χ0n) is 20.9. The number of fused-ring (bicyclic) bond motifs is 3. The highest BCUT2D eigenvalue weighted by atomic mass is 16.5. The summed E-state index contributed by atoms with van der Waals surface area (Å²) in [5.41, 5.74) is 4.54. The molecule has 1 atom stereocenters. The van der Waals surface area contributed by atoms with E-state index in [1.807, 2.05) is 73.7 Å². The molecule has 5 rings (SSSR count). The first-order chi connectivity index (χ1) is 17.4. The van der Waals surface area contributed by atoms with Crippen LogP contribution in [0, 0.1) is 11.3 Å². The second kappa shape index (κ2) is 10.1. The first-order valence-electron chi connectivity index (χ1n) is 12.8. The van der Waals surface area contributed by atoms with Crippen LogP contribution in [0.4, 0.5) is 0 Å². The lowest BCUT2D eigenvalue weighted by Gasteiger charge is -2.24. The van der Waals surface area contributed by atoms with Crippen molar-refractivity contribution in [2.24, 2.45) is 5.92 Å². The van der Waals surface area contributed by atoms with Crippen LogP contribution in [0.5, 0.6) is 0 Å². The van der Waals surface area contributed by atoms with Crippen LogP contribution in [0.15, 0.2) is 66.7 Å². The minimum absolute atomic E-state index is 0.0257. The number of carbonyl (C=O) groups excluding carboxylic acids is 2. The summed E-state index contributed by atoms with van der Waals surface area (Å²) >= 11 is 0. The van der Waals surface area contributed by atoms with E-state index in [0.29, 0.717) is 23.4 Å². The zero-order chi connectivity index (χ0) is 25.2. The van der Waals surface area contributed by atoms with E-state index in [1.165, 1.54) is 6.42 Å². The van der Waals surface area contributed by atoms with Crippen molar-refractivity contribution in [2.45, 2.75) is 58.6 Å². The molecule has 1 unspecified atom stereocenters. The van der Waals surface area contributed by atoms with E-state index in [9.17, 15) is 9.59 Å². The molecule has 1 aliphatic carbocycles. The number of hydrogen-bond acceptors (Lipinski definition) is 4. The number of benzene rings is 3. The van der Waals surface area contributed by atoms with Crippen molar-refractivity contribution >= 4 is 39.3 Å². The molecular weight excluding hydrogens is 448 g/mol. The smallest absolute Gasteiger partial charge is 0.310 e. The fourth-order valence-corrected chi connectivity index (χ4v) is 5.24. The van der Waals surface area contributed by atoms with Gasteiger partial charge in [0.05, 0.1) is 5.92 Å². The summed E-state index contributed by atoms with van der Waals surface area (Å²) in [6, 6.07) is 21.0. The van der Waals surface area contributed by atoms with Gasteiger partial charge in [-0.3, -0.25) is 9.59 Å². The normalized spacial score (nSPS) is 15.2. The molecule has 36 heavy (non-hydrogen) atoms. The molecule has 1 saturated carbocycles. The molecular formula is C31H32N2O3. The first-order valence-corrected chi connectivity index (χ1v) is 12.8. The number of hydrogen-bond donors (Lipinski definition) is 1. The van der Waals surface area contributed by atoms with E-state index >= 15 is 0 Å². The summed E-state index contributed by atoms with van der Waals surface area (Å²) < 4.78 is 8.00. The maximum atomic E-state index is 13.2. The van der Waals surface area contributed by atoms with Crippen LogP contribution >= 0.6 is 0 Å². The average molecular weight is 481 g/mol. The van der Waals surface area contributed by atoms with Gasteiger partial charge < -0.3 is 14.7 Å². The molecule has 1 aromatic heterocycles. The Morgan fingerprint density at radius 1 is 0.889 bits per heavy atom. The average Bonchev–Trinajstić information content (AvgIpc) is 3.21. The number of carbonyl (C=O) groups is 2. The van der Waals surface area contributed by atoms with Gasteiger partial charge in [-0.05, 0) is 68.5 Å². The van der Waals surface area contributed by atoms with E-state index < -0.39 is 0 Å². The molecule has 0 aliphatic heterocycles. The van der Waals surface area contributed by atoms with Crippen LogP contribution in [0.3, 0.4) is 0 Å². The number of rotatable bonds is 7. The van der Waals surface area contributed by atoms with Crippen LogP contribution < -0.4 is 0 Å². The molecule has 0 amide bonds. The molecule has 1 fully saturated rings. The zero-order valence-corrected chi connectivity index (χ0v) is 20.9. The number of aromatic nitrogens is 1. The van der Waals surface area contributed by atoms with Crippen LogP contribution in [0.25, 0.3) is 21.8 Å². The minimum Gasteiger partial charge on any atom is -0.462 e. The van der Waals surface area contributed by atoms with Crippen molar-refractivity contribution < 1.29 is 14.3 Å². The standard InChI is InChI=1S/C31H32N2O3/c1-20(31(35)36-25-11-7-4-8-12-25)19-33-28-15-13-23(21(2)32)17-26(28)27-18-24(14-16-29(27)33)30(34)22-9-5-3-6-10-22/h3,5-6,9-10,13-18,20,25,32H,4,7-8,11-12,19H2,1-2H3. The van der Waals surface area contributed by atoms with Gasteiger partial charge in [-0.1, -0.05) is 49.7 Å². The Hall–Kier alpha value is -3.73. The maximum Gasteiger partial charge on any atom is 0.310 e. The Labute approximate surface area is 211 Å². The van der Waals surface area contributed by atoms with Crippen LogP contribution in [-0.2, 0) is 16.1 Å². The SMILES string of the molecule is CC(=N)c1ccc2c(c1)c1cc(C(=O)c3ccccc3)ccc1n2CC(C)C(=O)OC1CCCCC1. The van der Waals surface area contributed by atoms with E-state index in [0.717, 1.165) is 53.1 Å². The Morgan fingerprint density at radius 2 is 1.50 bits per heavy atom. The van der Waals surface area contributed by atoms with Crippen LogP contribution in [0.1, 0.15) is 67.4 Å². The number of ether oxygens (including phenoxy) is 1. The topological polar surface area (TPSA) is 72.2 Å². The van der Waals surface area contributed by atoms with E-state index in [1.54, 1.807) is 6.92 Å². The van der Waals surface area contributed by atoms with Gasteiger partial charge in [0.25, 0.3) is 0 Å². The molecule has 0 saturated heterocycles. The Balaban J connectivity index is 1.53. The van der Waals surface area contributed by atoms with Crippen molar-refractivity contribution in [2.75, 3.05) is 0 Å². The molecule has 3 aromatic carbocycles. The van der Waals surface area contributed by atoms with Crippen molar-refractivity contribution in [1.29, 1.82) is 5.41 Å². The molecule has 1 heterocycles. The third-order valence-corrected chi connectivity index (χ3v) is 7.29. The minimum atomic E-state index is -0.305. The third kappa shape index (κ3) is 4.70. The second-order valence-corrected chi connectivity index (χ2v) is 9.99. The summed E-state index contributed by atoms with van der Waals surface area (Å²) in [5, 5.41) is 10.0. The molecule has 0 radical (unpaired) electrons. The van der Waals surface area contributed by atoms with Gasteiger partial charge in [0, 0.05) is 45.2 Å². The molecule has 5 heteroatoms. The summed E-state index contributed by atoms with van der Waals surface area (Å²) in [6.45, 7) is 4.18. The van der Waals surface area contributed by atoms with Gasteiger partial charge in [-0.25, -0.2) is 0 Å². The van der Waals surface area contributed by atoms with E-state index in [-0.39, 0.29) is 23.8 Å². The third-order valence-electron chi connectivity index (χ3n) is 7.29. The second-order valence-electron chi connectivity index (χ2n) is 9.99. The molecule has 5 nitrogen and oxygen atoms in total. The summed E-state index contributed by atoms with van der Waals surface area (Å²) in [7, 11) is 0. The fourth-order valence-electron chi connectivity index (χ4n) is 5.24. The lowest BCUT2D eigenvalue weighted by Crippen LogP contribution is -2.27. The van der Waals surface area contributed by atoms with Crippen LogP contribution in [0.2, 0.25) is 0 Å². The molecule has 4 aromatic rings. The predicted molar refractivity (Wildman–Crippen MR) is 144 cm³/mol. The van der Waals surface area contributed by atoms with Crippen molar-refractivity contribution in [1.82, 2.24) is 4.57 Å².